The molecule has 0 aliphatic heterocycles. The molecule has 0 fully saturated rings. The number of rotatable bonds is 3. The molecule has 2 aliphatic carbocycles. The first-order valence-electron chi connectivity index (χ1n) is 13.6. The van der Waals surface area contributed by atoms with Crippen LogP contribution < -0.4 is 0 Å². The van der Waals surface area contributed by atoms with Crippen molar-refractivity contribution in [2.75, 3.05) is 0 Å². The SMILES string of the molecule is CC(C)c1ccc2c(c1)C(C)(C)c1cc(-c3ccc4c(c3)C(C)(C)c3cc(C(C)C)ccc3-4)ccc1-2. The Balaban J connectivity index is 1.44. The molecule has 0 saturated heterocycles. The van der Waals surface area contributed by atoms with Crippen LogP contribution in [0.1, 0.15) is 101 Å². The van der Waals surface area contributed by atoms with E-state index >= 15 is 0 Å². The predicted molar refractivity (Wildman–Crippen MR) is 155 cm³/mol. The van der Waals surface area contributed by atoms with E-state index in [0.29, 0.717) is 11.8 Å². The molecule has 0 unspecified atom stereocenters. The Morgan fingerprint density at radius 2 is 0.722 bits per heavy atom. The maximum absolute atomic E-state index is 2.46. The minimum absolute atomic E-state index is 0.00502. The van der Waals surface area contributed by atoms with E-state index in [-0.39, 0.29) is 10.8 Å². The van der Waals surface area contributed by atoms with E-state index in [0.717, 1.165) is 0 Å². The topological polar surface area (TPSA) is 0 Å². The van der Waals surface area contributed by atoms with Gasteiger partial charge in [-0.1, -0.05) is 116 Å². The molecule has 0 bridgehead atoms. The van der Waals surface area contributed by atoms with Gasteiger partial charge in [0, 0.05) is 10.8 Å². The van der Waals surface area contributed by atoms with Crippen molar-refractivity contribution in [1.82, 2.24) is 0 Å². The largest absolute Gasteiger partial charge is 0.0587 e. The molecule has 182 valence electrons. The average Bonchev–Trinajstić information content (AvgIpc) is 3.22. The van der Waals surface area contributed by atoms with Gasteiger partial charge in [0.25, 0.3) is 0 Å². The van der Waals surface area contributed by atoms with Crippen LogP contribution in [0.25, 0.3) is 33.4 Å². The van der Waals surface area contributed by atoms with Crippen LogP contribution in [-0.4, -0.2) is 0 Å². The summed E-state index contributed by atoms with van der Waals surface area (Å²) in [6, 6.07) is 28.5. The Bertz CT molecular complexity index is 1410. The average molecular weight is 471 g/mol. The lowest BCUT2D eigenvalue weighted by Crippen LogP contribution is -2.16. The molecule has 0 radical (unpaired) electrons. The maximum atomic E-state index is 2.46. The molecule has 2 aliphatic rings. The summed E-state index contributed by atoms with van der Waals surface area (Å²) >= 11 is 0. The number of hydrogen-bond donors (Lipinski definition) is 0. The summed E-state index contributed by atoms with van der Waals surface area (Å²) in [6.45, 7) is 18.7. The lowest BCUT2D eigenvalue weighted by molar-refractivity contribution is 0.657. The van der Waals surface area contributed by atoms with Gasteiger partial charge in [-0.3, -0.25) is 0 Å². The van der Waals surface area contributed by atoms with E-state index in [2.05, 4.69) is 128 Å². The molecule has 0 amide bonds. The van der Waals surface area contributed by atoms with Crippen LogP contribution in [0.2, 0.25) is 0 Å². The number of benzene rings is 4. The minimum Gasteiger partial charge on any atom is -0.0587 e. The van der Waals surface area contributed by atoms with Crippen LogP contribution in [0.5, 0.6) is 0 Å². The van der Waals surface area contributed by atoms with E-state index in [4.69, 9.17) is 0 Å². The first kappa shape index (κ1) is 23.3. The summed E-state index contributed by atoms with van der Waals surface area (Å²) in [5.74, 6) is 1.08. The second kappa shape index (κ2) is 7.69. The summed E-state index contributed by atoms with van der Waals surface area (Å²) in [5.41, 5.74) is 16.9. The van der Waals surface area contributed by atoms with Crippen molar-refractivity contribution in [1.29, 1.82) is 0 Å². The summed E-state index contributed by atoms with van der Waals surface area (Å²) in [7, 11) is 0. The van der Waals surface area contributed by atoms with Crippen molar-refractivity contribution in [3.05, 3.63) is 106 Å². The van der Waals surface area contributed by atoms with Gasteiger partial charge >= 0.3 is 0 Å². The quantitative estimate of drug-likeness (QED) is 0.279. The fourth-order valence-electron chi connectivity index (χ4n) is 6.59. The molecule has 6 rings (SSSR count). The van der Waals surface area contributed by atoms with Crippen LogP contribution in [0.4, 0.5) is 0 Å². The molecule has 0 heterocycles. The van der Waals surface area contributed by atoms with Crippen LogP contribution in [-0.2, 0) is 10.8 Å². The molecule has 0 heteroatoms. The first-order chi connectivity index (χ1) is 17.0. The molecule has 0 saturated carbocycles. The smallest absolute Gasteiger partial charge is 0.0159 e. The van der Waals surface area contributed by atoms with Crippen molar-refractivity contribution in [2.24, 2.45) is 0 Å². The fourth-order valence-corrected chi connectivity index (χ4v) is 6.59. The molecule has 0 atom stereocenters. The van der Waals surface area contributed by atoms with Crippen molar-refractivity contribution >= 4 is 0 Å². The highest BCUT2D eigenvalue weighted by Gasteiger charge is 2.37. The Kier molecular flexibility index (Phi) is 4.97. The molecule has 0 nitrogen and oxygen atoms in total. The van der Waals surface area contributed by atoms with E-state index in [9.17, 15) is 0 Å². The van der Waals surface area contributed by atoms with Crippen LogP contribution >= 0.6 is 0 Å². The molecular weight excluding hydrogens is 432 g/mol. The third-order valence-electron chi connectivity index (χ3n) is 9.07. The van der Waals surface area contributed by atoms with Gasteiger partial charge < -0.3 is 0 Å². The second-order valence-corrected chi connectivity index (χ2v) is 12.7. The van der Waals surface area contributed by atoms with Gasteiger partial charge in [0.2, 0.25) is 0 Å². The van der Waals surface area contributed by atoms with Gasteiger partial charge in [-0.15, -0.1) is 0 Å². The zero-order chi connectivity index (χ0) is 25.6. The fraction of sp³-hybridized carbons (Fsp3) is 0.333. The highest BCUT2D eigenvalue weighted by atomic mass is 14.4. The van der Waals surface area contributed by atoms with Crippen molar-refractivity contribution in [3.63, 3.8) is 0 Å². The highest BCUT2D eigenvalue weighted by Crippen LogP contribution is 2.52. The Labute approximate surface area is 217 Å². The third kappa shape index (κ3) is 3.20. The Morgan fingerprint density at radius 3 is 1.06 bits per heavy atom. The number of fused-ring (bicyclic) bond motifs is 6. The lowest BCUT2D eigenvalue weighted by Gasteiger charge is -2.24. The molecule has 0 N–H and O–H groups in total. The van der Waals surface area contributed by atoms with Crippen LogP contribution in [0.15, 0.2) is 72.8 Å². The predicted octanol–water partition coefficient (Wildman–Crippen LogP) is 10.2. The molecule has 4 aromatic rings. The van der Waals surface area contributed by atoms with Gasteiger partial charge in [-0.2, -0.15) is 0 Å². The Morgan fingerprint density at radius 1 is 0.417 bits per heavy atom. The van der Waals surface area contributed by atoms with Crippen molar-refractivity contribution in [2.45, 2.75) is 78.1 Å². The van der Waals surface area contributed by atoms with Crippen molar-refractivity contribution in [3.8, 4) is 33.4 Å². The van der Waals surface area contributed by atoms with Gasteiger partial charge in [-0.05, 0) is 90.7 Å². The Hall–Kier alpha value is -3.12. The molecular formula is C36H38. The van der Waals surface area contributed by atoms with E-state index < -0.39 is 0 Å². The van der Waals surface area contributed by atoms with E-state index in [1.165, 1.54) is 66.8 Å². The lowest BCUT2D eigenvalue weighted by atomic mass is 9.79. The first-order valence-corrected chi connectivity index (χ1v) is 13.6. The summed E-state index contributed by atoms with van der Waals surface area (Å²) in [4.78, 5) is 0. The maximum Gasteiger partial charge on any atom is 0.0159 e. The third-order valence-corrected chi connectivity index (χ3v) is 9.07. The van der Waals surface area contributed by atoms with Gasteiger partial charge in [-0.25, -0.2) is 0 Å². The molecule has 0 aromatic heterocycles. The minimum atomic E-state index is 0.00502. The van der Waals surface area contributed by atoms with Gasteiger partial charge in [0.05, 0.1) is 0 Å². The van der Waals surface area contributed by atoms with E-state index in [1.807, 2.05) is 0 Å². The van der Waals surface area contributed by atoms with Gasteiger partial charge in [0.15, 0.2) is 0 Å². The zero-order valence-electron chi connectivity index (χ0n) is 23.1. The second-order valence-electron chi connectivity index (χ2n) is 12.7. The number of hydrogen-bond acceptors (Lipinski definition) is 0. The van der Waals surface area contributed by atoms with Crippen LogP contribution in [0, 0.1) is 0 Å². The highest BCUT2D eigenvalue weighted by molar-refractivity contribution is 5.86. The standard InChI is InChI=1S/C36H38/c1-21(2)23-9-13-27-29-15-11-25(19-33(29)35(5,6)31(27)17-23)26-12-16-30-28-14-10-24(22(3)4)18-32(28)36(7,8)34(30)20-26/h9-22H,1-8H3. The van der Waals surface area contributed by atoms with Crippen molar-refractivity contribution < 1.29 is 0 Å². The van der Waals surface area contributed by atoms with Gasteiger partial charge in [0.1, 0.15) is 0 Å². The molecule has 36 heavy (non-hydrogen) atoms. The molecule has 4 aromatic carbocycles. The summed E-state index contributed by atoms with van der Waals surface area (Å²) in [6.07, 6.45) is 0. The zero-order valence-corrected chi connectivity index (χ0v) is 23.1. The van der Waals surface area contributed by atoms with Crippen LogP contribution in [0.3, 0.4) is 0 Å². The normalized spacial score (nSPS) is 16.2. The van der Waals surface area contributed by atoms with E-state index in [1.54, 1.807) is 0 Å². The molecule has 0 spiro atoms. The summed E-state index contributed by atoms with van der Waals surface area (Å²) < 4.78 is 0. The summed E-state index contributed by atoms with van der Waals surface area (Å²) in [5, 5.41) is 0. The monoisotopic (exact) mass is 470 g/mol.